The van der Waals surface area contributed by atoms with Crippen molar-refractivity contribution in [3.63, 3.8) is 0 Å². The second-order valence-corrected chi connectivity index (χ2v) is 5.03. The summed E-state index contributed by atoms with van der Waals surface area (Å²) in [7, 11) is 3.40. The van der Waals surface area contributed by atoms with Crippen LogP contribution in [0.4, 0.5) is 11.4 Å². The Hall–Kier alpha value is -1.46. The van der Waals surface area contributed by atoms with E-state index in [1.165, 1.54) is 0 Å². The van der Waals surface area contributed by atoms with Gasteiger partial charge in [-0.15, -0.1) is 0 Å². The first-order valence-corrected chi connectivity index (χ1v) is 7.41. The summed E-state index contributed by atoms with van der Waals surface area (Å²) in [4.78, 5) is 2.20. The molecule has 0 aromatic heterocycles. The maximum Gasteiger partial charge on any atom is 0.144 e. The zero-order valence-corrected chi connectivity index (χ0v) is 13.6. The Balaban J connectivity index is 2.99. The molecule has 0 spiro atoms. The van der Waals surface area contributed by atoms with Crippen LogP contribution in [0.3, 0.4) is 0 Å². The highest BCUT2D eigenvalue weighted by Gasteiger charge is 2.18. The molecule has 0 radical (unpaired) electrons. The van der Waals surface area contributed by atoms with Gasteiger partial charge < -0.3 is 24.8 Å². The summed E-state index contributed by atoms with van der Waals surface area (Å²) in [5.74, 6) is 0.737. The van der Waals surface area contributed by atoms with Crippen molar-refractivity contribution >= 4 is 11.4 Å². The zero-order chi connectivity index (χ0) is 15.7. The van der Waals surface area contributed by atoms with E-state index in [2.05, 4.69) is 18.7 Å². The van der Waals surface area contributed by atoms with Gasteiger partial charge in [0.25, 0.3) is 0 Å². The van der Waals surface area contributed by atoms with Crippen LogP contribution >= 0.6 is 0 Å². The van der Waals surface area contributed by atoms with Gasteiger partial charge in [0.2, 0.25) is 0 Å². The van der Waals surface area contributed by atoms with Gasteiger partial charge in [-0.3, -0.25) is 0 Å². The number of anilines is 2. The lowest BCUT2D eigenvalue weighted by molar-refractivity contribution is 0.171. The molecule has 0 aliphatic carbocycles. The fourth-order valence-electron chi connectivity index (χ4n) is 2.22. The summed E-state index contributed by atoms with van der Waals surface area (Å²) in [6.07, 6.45) is 0.955. The number of nitrogens with two attached hydrogens (primary N) is 1. The van der Waals surface area contributed by atoms with E-state index in [1.807, 2.05) is 18.2 Å². The van der Waals surface area contributed by atoms with Gasteiger partial charge in [-0.05, 0) is 25.5 Å². The first-order valence-electron chi connectivity index (χ1n) is 7.41. The maximum atomic E-state index is 6.28. The molecule has 0 aliphatic heterocycles. The monoisotopic (exact) mass is 296 g/mol. The molecule has 1 aromatic carbocycles. The summed E-state index contributed by atoms with van der Waals surface area (Å²) in [5.41, 5.74) is 7.92. The minimum Gasteiger partial charge on any atom is -0.491 e. The summed E-state index contributed by atoms with van der Waals surface area (Å²) < 4.78 is 16.2. The van der Waals surface area contributed by atoms with Crippen LogP contribution in [0.1, 0.15) is 20.3 Å². The van der Waals surface area contributed by atoms with Gasteiger partial charge in [0, 0.05) is 26.8 Å². The molecule has 1 atom stereocenters. The van der Waals surface area contributed by atoms with Gasteiger partial charge in [-0.25, -0.2) is 0 Å². The smallest absolute Gasteiger partial charge is 0.144 e. The summed E-state index contributed by atoms with van der Waals surface area (Å²) in [5, 5.41) is 0. The molecule has 21 heavy (non-hydrogen) atoms. The van der Waals surface area contributed by atoms with Crippen molar-refractivity contribution in [3.05, 3.63) is 18.2 Å². The van der Waals surface area contributed by atoms with Crippen LogP contribution in [0, 0.1) is 0 Å². The number of nitrogen functional groups attached to an aromatic ring is 1. The zero-order valence-electron chi connectivity index (χ0n) is 13.6. The largest absolute Gasteiger partial charge is 0.491 e. The van der Waals surface area contributed by atoms with Crippen LogP contribution in [0.15, 0.2) is 18.2 Å². The number of para-hydroxylation sites is 1. The van der Waals surface area contributed by atoms with Gasteiger partial charge in [-0.1, -0.05) is 13.0 Å². The predicted molar refractivity (Wildman–Crippen MR) is 87.2 cm³/mol. The van der Waals surface area contributed by atoms with E-state index in [0.717, 1.165) is 24.4 Å². The molecular formula is C16H28N2O3. The van der Waals surface area contributed by atoms with Crippen molar-refractivity contribution in [1.29, 1.82) is 0 Å². The number of nitrogens with zero attached hydrogens (tertiary/aromatic N) is 1. The maximum absolute atomic E-state index is 6.28. The average Bonchev–Trinajstić information content (AvgIpc) is 2.48. The number of rotatable bonds is 10. The third-order valence-electron chi connectivity index (χ3n) is 3.29. The normalized spacial score (nSPS) is 12.2. The summed E-state index contributed by atoms with van der Waals surface area (Å²) in [6.45, 7) is 6.86. The molecule has 0 fully saturated rings. The number of hydrogen-bond acceptors (Lipinski definition) is 5. The van der Waals surface area contributed by atoms with E-state index < -0.39 is 0 Å². The van der Waals surface area contributed by atoms with Crippen LogP contribution in [0.25, 0.3) is 0 Å². The SMILES string of the molecule is CCCOc1cccc(N(CCOC)C(C)COC)c1N. The number of ether oxygens (including phenoxy) is 3. The standard InChI is InChI=1S/C16H28N2O3/c1-5-10-21-15-8-6-7-14(16(15)17)18(9-11-19-3)13(2)12-20-4/h6-8,13H,5,9-12,17H2,1-4H3. The average molecular weight is 296 g/mol. The van der Waals surface area contributed by atoms with Crippen molar-refractivity contribution in [3.8, 4) is 5.75 Å². The third-order valence-corrected chi connectivity index (χ3v) is 3.29. The molecule has 1 aromatic rings. The second kappa shape index (κ2) is 9.47. The topological polar surface area (TPSA) is 57.0 Å². The Labute approximate surface area is 128 Å². The number of benzene rings is 1. The van der Waals surface area contributed by atoms with E-state index >= 15 is 0 Å². The highest BCUT2D eigenvalue weighted by Crippen LogP contribution is 2.33. The van der Waals surface area contributed by atoms with Crippen molar-refractivity contribution in [1.82, 2.24) is 0 Å². The molecule has 0 bridgehead atoms. The third kappa shape index (κ3) is 5.10. The van der Waals surface area contributed by atoms with E-state index in [-0.39, 0.29) is 6.04 Å². The molecule has 1 unspecified atom stereocenters. The van der Waals surface area contributed by atoms with E-state index in [9.17, 15) is 0 Å². The lowest BCUT2D eigenvalue weighted by atomic mass is 10.2. The Kier molecular flexibility index (Phi) is 7.93. The van der Waals surface area contributed by atoms with Gasteiger partial charge >= 0.3 is 0 Å². The molecule has 0 saturated carbocycles. The second-order valence-electron chi connectivity index (χ2n) is 5.03. The van der Waals surface area contributed by atoms with Crippen LogP contribution in [-0.2, 0) is 9.47 Å². The molecule has 2 N–H and O–H groups in total. The lowest BCUT2D eigenvalue weighted by Crippen LogP contribution is -2.39. The first-order chi connectivity index (χ1) is 10.2. The molecule has 0 heterocycles. The first kappa shape index (κ1) is 17.6. The summed E-state index contributed by atoms with van der Waals surface area (Å²) >= 11 is 0. The molecule has 5 nitrogen and oxygen atoms in total. The molecular weight excluding hydrogens is 268 g/mol. The van der Waals surface area contributed by atoms with Gasteiger partial charge in [0.05, 0.1) is 31.2 Å². The van der Waals surface area contributed by atoms with Crippen molar-refractivity contribution < 1.29 is 14.2 Å². The van der Waals surface area contributed by atoms with Crippen LogP contribution in [0.5, 0.6) is 5.75 Å². The quantitative estimate of drug-likeness (QED) is 0.672. The predicted octanol–water partition coefficient (Wildman–Crippen LogP) is 2.55. The number of methoxy groups -OCH3 is 2. The van der Waals surface area contributed by atoms with Crippen molar-refractivity contribution in [2.75, 3.05) is 51.2 Å². The minimum atomic E-state index is 0.203. The van der Waals surface area contributed by atoms with Gasteiger partial charge in [0.15, 0.2) is 0 Å². The van der Waals surface area contributed by atoms with E-state index in [1.54, 1.807) is 14.2 Å². The van der Waals surface area contributed by atoms with Gasteiger partial charge in [-0.2, -0.15) is 0 Å². The van der Waals surface area contributed by atoms with Crippen LogP contribution < -0.4 is 15.4 Å². The van der Waals surface area contributed by atoms with Crippen molar-refractivity contribution in [2.45, 2.75) is 26.3 Å². The highest BCUT2D eigenvalue weighted by molar-refractivity contribution is 5.74. The molecule has 0 amide bonds. The molecule has 1 rings (SSSR count). The number of hydrogen-bond donors (Lipinski definition) is 1. The van der Waals surface area contributed by atoms with Crippen LogP contribution in [-0.4, -0.2) is 46.6 Å². The highest BCUT2D eigenvalue weighted by atomic mass is 16.5. The van der Waals surface area contributed by atoms with E-state index in [4.69, 9.17) is 19.9 Å². The minimum absolute atomic E-state index is 0.203. The Morgan fingerprint density at radius 2 is 1.95 bits per heavy atom. The summed E-state index contributed by atoms with van der Waals surface area (Å²) in [6, 6.07) is 6.09. The fraction of sp³-hybridized carbons (Fsp3) is 0.625. The molecule has 120 valence electrons. The van der Waals surface area contributed by atoms with Gasteiger partial charge in [0.1, 0.15) is 5.75 Å². The Morgan fingerprint density at radius 1 is 1.19 bits per heavy atom. The Bertz CT molecular complexity index is 413. The fourth-order valence-corrected chi connectivity index (χ4v) is 2.22. The van der Waals surface area contributed by atoms with Crippen LogP contribution in [0.2, 0.25) is 0 Å². The van der Waals surface area contributed by atoms with Crippen molar-refractivity contribution in [2.24, 2.45) is 0 Å². The Morgan fingerprint density at radius 3 is 2.57 bits per heavy atom. The molecule has 5 heteroatoms. The molecule has 0 saturated heterocycles. The van der Waals surface area contributed by atoms with E-state index in [0.29, 0.717) is 25.5 Å². The lowest BCUT2D eigenvalue weighted by Gasteiger charge is -2.32. The molecule has 0 aliphatic rings.